The number of benzene rings is 1. The molecule has 7 heteroatoms. The van der Waals surface area contributed by atoms with Crippen LogP contribution in [0.15, 0.2) is 36.4 Å². The monoisotopic (exact) mass is 393 g/mol. The van der Waals surface area contributed by atoms with E-state index in [0.717, 1.165) is 30.2 Å². The molecule has 1 saturated heterocycles. The van der Waals surface area contributed by atoms with Gasteiger partial charge in [-0.25, -0.2) is 9.78 Å². The fourth-order valence-electron chi connectivity index (χ4n) is 3.60. The number of likely N-dealkylation sites (tertiary alicyclic amines) is 1. The second kappa shape index (κ2) is 7.95. The molecule has 2 aromatic heterocycles. The minimum Gasteiger partial charge on any atom is -0.507 e. The molecule has 4 rings (SSSR count). The van der Waals surface area contributed by atoms with Gasteiger partial charge in [0.25, 0.3) is 0 Å². The summed E-state index contributed by atoms with van der Waals surface area (Å²) in [5.74, 6) is 0.879. The molecular weight excluding hydrogens is 370 g/mol. The molecule has 0 spiro atoms. The summed E-state index contributed by atoms with van der Waals surface area (Å²) in [7, 11) is 1.55. The second-order valence-corrected chi connectivity index (χ2v) is 7.15. The van der Waals surface area contributed by atoms with Crippen molar-refractivity contribution in [2.75, 3.05) is 20.2 Å². The number of hydrogen-bond donors (Lipinski definition) is 1. The number of carbonyl (C=O) groups is 1. The molecule has 0 aliphatic carbocycles. The van der Waals surface area contributed by atoms with E-state index in [2.05, 4.69) is 9.97 Å². The average Bonchev–Trinajstić information content (AvgIpc) is 2.73. The number of carbonyl (C=O) groups excluding carboxylic acids is 1. The summed E-state index contributed by atoms with van der Waals surface area (Å²) in [5, 5.41) is 11.2. The van der Waals surface area contributed by atoms with Crippen molar-refractivity contribution in [2.45, 2.75) is 26.2 Å². The lowest BCUT2D eigenvalue weighted by Gasteiger charge is -2.25. The highest BCUT2D eigenvalue weighted by Crippen LogP contribution is 2.35. The van der Waals surface area contributed by atoms with Gasteiger partial charge in [0.05, 0.1) is 12.8 Å². The van der Waals surface area contributed by atoms with E-state index >= 15 is 0 Å². The molecule has 3 heterocycles. The van der Waals surface area contributed by atoms with Gasteiger partial charge >= 0.3 is 6.09 Å². The van der Waals surface area contributed by atoms with Crippen LogP contribution in [0.3, 0.4) is 0 Å². The van der Waals surface area contributed by atoms with Gasteiger partial charge in [0.15, 0.2) is 5.65 Å². The largest absolute Gasteiger partial charge is 0.507 e. The maximum atomic E-state index is 12.3. The fraction of sp³-hybridized carbons (Fsp3) is 0.318. The lowest BCUT2D eigenvalue weighted by atomic mass is 10.0. The van der Waals surface area contributed by atoms with Crippen LogP contribution in [-0.4, -0.2) is 46.3 Å². The molecule has 1 aromatic carbocycles. The first kappa shape index (κ1) is 19.0. The van der Waals surface area contributed by atoms with Crippen molar-refractivity contribution in [1.29, 1.82) is 0 Å². The number of ether oxygens (including phenoxy) is 2. The second-order valence-electron chi connectivity index (χ2n) is 7.15. The predicted molar refractivity (Wildman–Crippen MR) is 109 cm³/mol. The molecule has 7 nitrogen and oxygen atoms in total. The topological polar surface area (TPSA) is 84.8 Å². The van der Waals surface area contributed by atoms with Crippen molar-refractivity contribution >= 4 is 17.1 Å². The number of piperidine rings is 1. The van der Waals surface area contributed by atoms with Crippen LogP contribution in [0.2, 0.25) is 0 Å². The van der Waals surface area contributed by atoms with Crippen LogP contribution in [-0.2, 0) is 0 Å². The third-order valence-corrected chi connectivity index (χ3v) is 5.11. The lowest BCUT2D eigenvalue weighted by Crippen LogP contribution is -2.37. The minimum atomic E-state index is -0.378. The van der Waals surface area contributed by atoms with E-state index < -0.39 is 0 Å². The first-order chi connectivity index (χ1) is 14.0. The van der Waals surface area contributed by atoms with Crippen molar-refractivity contribution in [1.82, 2.24) is 14.9 Å². The number of amides is 1. The quantitative estimate of drug-likeness (QED) is 0.714. The van der Waals surface area contributed by atoms with Gasteiger partial charge in [-0.3, -0.25) is 0 Å². The van der Waals surface area contributed by atoms with Gasteiger partial charge in [-0.2, -0.15) is 4.98 Å². The molecule has 0 saturated carbocycles. The van der Waals surface area contributed by atoms with Crippen molar-refractivity contribution < 1.29 is 19.4 Å². The van der Waals surface area contributed by atoms with Crippen molar-refractivity contribution in [3.8, 4) is 28.6 Å². The summed E-state index contributed by atoms with van der Waals surface area (Å²) in [6.45, 7) is 3.31. The van der Waals surface area contributed by atoms with E-state index in [1.165, 1.54) is 0 Å². The van der Waals surface area contributed by atoms with E-state index in [1.807, 2.05) is 31.2 Å². The Kier molecular flexibility index (Phi) is 5.20. The number of rotatable bonds is 3. The zero-order chi connectivity index (χ0) is 20.4. The van der Waals surface area contributed by atoms with E-state index in [-0.39, 0.29) is 17.7 Å². The van der Waals surface area contributed by atoms with Gasteiger partial charge in [-0.05, 0) is 56.0 Å². The third-order valence-electron chi connectivity index (χ3n) is 5.11. The predicted octanol–water partition coefficient (Wildman–Crippen LogP) is 4.30. The molecule has 1 aliphatic rings. The standard InChI is InChI=1S/C22H23N3O4/c1-14-12-16(28-2)13-18(26)20(14)17-8-6-15-7-9-19(24-21(15)23-17)29-22(27)25-10-4-3-5-11-25/h6-9,12-13,26H,3-5,10-11H2,1-2H3. The minimum absolute atomic E-state index is 0.0846. The molecule has 1 fully saturated rings. The first-order valence-electron chi connectivity index (χ1n) is 9.67. The van der Waals surface area contributed by atoms with Crippen LogP contribution in [0.1, 0.15) is 24.8 Å². The number of phenols is 1. The van der Waals surface area contributed by atoms with Crippen LogP contribution in [0.5, 0.6) is 17.4 Å². The van der Waals surface area contributed by atoms with Crippen molar-refractivity contribution in [3.05, 3.63) is 42.0 Å². The zero-order valence-electron chi connectivity index (χ0n) is 16.5. The van der Waals surface area contributed by atoms with E-state index in [1.54, 1.807) is 24.1 Å². The highest BCUT2D eigenvalue weighted by Gasteiger charge is 2.19. The van der Waals surface area contributed by atoms with Gasteiger partial charge in [0.2, 0.25) is 5.88 Å². The number of fused-ring (bicyclic) bond motifs is 1. The highest BCUT2D eigenvalue weighted by molar-refractivity contribution is 5.82. The number of pyridine rings is 2. The Labute approximate surface area is 168 Å². The van der Waals surface area contributed by atoms with Gasteiger partial charge in [-0.1, -0.05) is 0 Å². The van der Waals surface area contributed by atoms with Gasteiger partial charge in [0, 0.05) is 36.2 Å². The number of aromatic hydroxyl groups is 1. The number of aromatic nitrogens is 2. The zero-order valence-corrected chi connectivity index (χ0v) is 16.5. The number of aryl methyl sites for hydroxylation is 1. The summed E-state index contributed by atoms with van der Waals surface area (Å²) in [5.41, 5.74) is 2.48. The summed E-state index contributed by atoms with van der Waals surface area (Å²) < 4.78 is 10.6. The van der Waals surface area contributed by atoms with Crippen LogP contribution in [0.4, 0.5) is 4.79 Å². The SMILES string of the molecule is COc1cc(C)c(-c2ccc3ccc(OC(=O)N4CCCCC4)nc3n2)c(O)c1. The van der Waals surface area contributed by atoms with Crippen LogP contribution >= 0.6 is 0 Å². The molecule has 150 valence electrons. The number of methoxy groups -OCH3 is 1. The van der Waals surface area contributed by atoms with Crippen LogP contribution in [0.25, 0.3) is 22.3 Å². The fourth-order valence-corrected chi connectivity index (χ4v) is 3.60. The number of nitrogens with zero attached hydrogens (tertiary/aromatic N) is 3. The third kappa shape index (κ3) is 3.94. The van der Waals surface area contributed by atoms with Gasteiger partial charge in [-0.15, -0.1) is 0 Å². The lowest BCUT2D eigenvalue weighted by molar-refractivity contribution is 0.141. The maximum absolute atomic E-state index is 12.3. The Hall–Kier alpha value is -3.35. The summed E-state index contributed by atoms with van der Waals surface area (Å²) in [4.78, 5) is 23.0. The summed E-state index contributed by atoms with van der Waals surface area (Å²) >= 11 is 0. The summed E-state index contributed by atoms with van der Waals surface area (Å²) in [6.07, 6.45) is 2.75. The van der Waals surface area contributed by atoms with Crippen LogP contribution < -0.4 is 9.47 Å². The molecule has 3 aromatic rings. The Morgan fingerprint density at radius 3 is 2.55 bits per heavy atom. The molecule has 0 unspecified atom stereocenters. The molecule has 0 atom stereocenters. The molecule has 1 aliphatic heterocycles. The van der Waals surface area contributed by atoms with Crippen molar-refractivity contribution in [3.63, 3.8) is 0 Å². The van der Waals surface area contributed by atoms with Gasteiger partial charge < -0.3 is 19.5 Å². The molecular formula is C22H23N3O4. The smallest absolute Gasteiger partial charge is 0.416 e. The van der Waals surface area contributed by atoms with E-state index in [0.29, 0.717) is 35.7 Å². The van der Waals surface area contributed by atoms with E-state index in [4.69, 9.17) is 9.47 Å². The molecule has 0 radical (unpaired) electrons. The molecule has 1 N–H and O–H groups in total. The molecule has 1 amide bonds. The van der Waals surface area contributed by atoms with Crippen molar-refractivity contribution in [2.24, 2.45) is 0 Å². The van der Waals surface area contributed by atoms with E-state index in [9.17, 15) is 9.90 Å². The number of phenolic OH excluding ortho intramolecular Hbond substituents is 1. The normalized spacial score (nSPS) is 14.1. The van der Waals surface area contributed by atoms with Gasteiger partial charge in [0.1, 0.15) is 11.5 Å². The molecule has 0 bridgehead atoms. The number of hydrogen-bond acceptors (Lipinski definition) is 6. The Bertz CT molecular complexity index is 1040. The molecule has 29 heavy (non-hydrogen) atoms. The average molecular weight is 393 g/mol. The van der Waals surface area contributed by atoms with Crippen LogP contribution in [0, 0.1) is 6.92 Å². The summed E-state index contributed by atoms with van der Waals surface area (Å²) in [6, 6.07) is 10.6. The Balaban J connectivity index is 1.64. The Morgan fingerprint density at radius 1 is 1.07 bits per heavy atom. The first-order valence-corrected chi connectivity index (χ1v) is 9.67. The Morgan fingerprint density at radius 2 is 1.83 bits per heavy atom. The highest BCUT2D eigenvalue weighted by atomic mass is 16.6. The maximum Gasteiger partial charge on any atom is 0.416 e.